The van der Waals surface area contributed by atoms with Crippen LogP contribution in [0.3, 0.4) is 0 Å². The number of rotatable bonds is 5. The molecule has 4 nitrogen and oxygen atoms in total. The van der Waals surface area contributed by atoms with Gasteiger partial charge < -0.3 is 15.2 Å². The highest BCUT2D eigenvalue weighted by molar-refractivity contribution is 5.41. The average Bonchev–Trinajstić information content (AvgIpc) is 2.45. The van der Waals surface area contributed by atoms with Crippen LogP contribution in [-0.2, 0) is 6.54 Å². The first kappa shape index (κ1) is 13.4. The predicted octanol–water partition coefficient (Wildman–Crippen LogP) is 2.65. The lowest BCUT2D eigenvalue weighted by Crippen LogP contribution is -2.18. The summed E-state index contributed by atoms with van der Waals surface area (Å²) in [6.07, 6.45) is 1.77. The lowest BCUT2D eigenvalue weighted by atomic mass is 10.1. The maximum absolute atomic E-state index is 9.95. The van der Waals surface area contributed by atoms with Gasteiger partial charge in [0.15, 0.2) is 0 Å². The molecule has 2 rings (SSSR count). The zero-order chi connectivity index (χ0) is 13.7. The van der Waals surface area contributed by atoms with E-state index in [1.165, 1.54) is 0 Å². The standard InChI is InChI=1S/C15H18N2O2/c1-11(17-10-12-5-3-4-8-16-12)14-7-6-13(19-2)9-15(14)18/h3-9,11,17-18H,10H2,1-2H3. The second kappa shape index (κ2) is 6.20. The second-order valence-electron chi connectivity index (χ2n) is 4.35. The Bertz CT molecular complexity index is 529. The number of hydrogen-bond acceptors (Lipinski definition) is 4. The number of benzene rings is 1. The molecule has 0 aliphatic carbocycles. The maximum atomic E-state index is 9.95. The van der Waals surface area contributed by atoms with Crippen molar-refractivity contribution in [3.63, 3.8) is 0 Å². The SMILES string of the molecule is COc1ccc(C(C)NCc2ccccn2)c(O)c1. The minimum atomic E-state index is 0.0351. The van der Waals surface area contributed by atoms with E-state index < -0.39 is 0 Å². The van der Waals surface area contributed by atoms with E-state index in [-0.39, 0.29) is 11.8 Å². The number of nitrogens with zero attached hydrogens (tertiary/aromatic N) is 1. The van der Waals surface area contributed by atoms with Gasteiger partial charge in [0.05, 0.1) is 12.8 Å². The number of hydrogen-bond donors (Lipinski definition) is 2. The van der Waals surface area contributed by atoms with Gasteiger partial charge in [0.1, 0.15) is 11.5 Å². The number of nitrogens with one attached hydrogen (secondary N) is 1. The van der Waals surface area contributed by atoms with E-state index in [0.29, 0.717) is 12.3 Å². The third-order valence-corrected chi connectivity index (χ3v) is 3.02. The Morgan fingerprint density at radius 2 is 2.16 bits per heavy atom. The predicted molar refractivity (Wildman–Crippen MR) is 74.2 cm³/mol. The number of pyridine rings is 1. The Kier molecular flexibility index (Phi) is 4.36. The number of ether oxygens (including phenoxy) is 1. The summed E-state index contributed by atoms with van der Waals surface area (Å²) in [6, 6.07) is 11.2. The van der Waals surface area contributed by atoms with Crippen molar-refractivity contribution in [1.82, 2.24) is 10.3 Å². The molecule has 0 saturated carbocycles. The number of aromatic nitrogens is 1. The highest BCUT2D eigenvalue weighted by atomic mass is 16.5. The van der Waals surface area contributed by atoms with Gasteiger partial charge in [-0.25, -0.2) is 0 Å². The third kappa shape index (κ3) is 3.45. The van der Waals surface area contributed by atoms with Crippen molar-refractivity contribution in [3.05, 3.63) is 53.9 Å². The number of phenolic OH excluding ortho intramolecular Hbond substituents is 1. The molecule has 0 amide bonds. The van der Waals surface area contributed by atoms with Crippen LogP contribution < -0.4 is 10.1 Å². The number of phenols is 1. The van der Waals surface area contributed by atoms with E-state index >= 15 is 0 Å². The highest BCUT2D eigenvalue weighted by Crippen LogP contribution is 2.28. The van der Waals surface area contributed by atoms with Crippen LogP contribution in [0.15, 0.2) is 42.6 Å². The van der Waals surface area contributed by atoms with Crippen LogP contribution in [0.2, 0.25) is 0 Å². The molecule has 1 unspecified atom stereocenters. The van der Waals surface area contributed by atoms with Crippen molar-refractivity contribution in [2.45, 2.75) is 19.5 Å². The Morgan fingerprint density at radius 3 is 2.79 bits per heavy atom. The Morgan fingerprint density at radius 1 is 1.32 bits per heavy atom. The van der Waals surface area contributed by atoms with Gasteiger partial charge in [0.2, 0.25) is 0 Å². The monoisotopic (exact) mass is 258 g/mol. The molecule has 100 valence electrons. The topological polar surface area (TPSA) is 54.4 Å². The minimum Gasteiger partial charge on any atom is -0.507 e. The molecule has 1 aromatic carbocycles. The van der Waals surface area contributed by atoms with Crippen molar-refractivity contribution in [2.75, 3.05) is 7.11 Å². The fraction of sp³-hybridized carbons (Fsp3) is 0.267. The molecule has 0 saturated heterocycles. The van der Waals surface area contributed by atoms with Crippen LogP contribution in [-0.4, -0.2) is 17.2 Å². The van der Waals surface area contributed by atoms with E-state index in [1.54, 1.807) is 19.4 Å². The zero-order valence-corrected chi connectivity index (χ0v) is 11.1. The van der Waals surface area contributed by atoms with Crippen LogP contribution in [0.4, 0.5) is 0 Å². The van der Waals surface area contributed by atoms with Crippen LogP contribution >= 0.6 is 0 Å². The highest BCUT2D eigenvalue weighted by Gasteiger charge is 2.10. The van der Waals surface area contributed by atoms with Gasteiger partial charge in [0.25, 0.3) is 0 Å². The van der Waals surface area contributed by atoms with Crippen LogP contribution in [0.25, 0.3) is 0 Å². The van der Waals surface area contributed by atoms with Gasteiger partial charge in [-0.3, -0.25) is 4.98 Å². The van der Waals surface area contributed by atoms with E-state index in [2.05, 4.69) is 10.3 Å². The molecule has 0 spiro atoms. The normalized spacial score (nSPS) is 12.1. The second-order valence-corrected chi connectivity index (χ2v) is 4.35. The first-order valence-corrected chi connectivity index (χ1v) is 6.21. The lowest BCUT2D eigenvalue weighted by Gasteiger charge is -2.16. The van der Waals surface area contributed by atoms with Crippen molar-refractivity contribution in [3.8, 4) is 11.5 Å². The van der Waals surface area contributed by atoms with E-state index in [0.717, 1.165) is 11.3 Å². The molecule has 0 bridgehead atoms. The molecule has 0 radical (unpaired) electrons. The van der Waals surface area contributed by atoms with Crippen molar-refractivity contribution in [2.24, 2.45) is 0 Å². The van der Waals surface area contributed by atoms with Crippen LogP contribution in [0.1, 0.15) is 24.2 Å². The number of aromatic hydroxyl groups is 1. The van der Waals surface area contributed by atoms with E-state index in [1.807, 2.05) is 37.3 Å². The maximum Gasteiger partial charge on any atom is 0.124 e. The van der Waals surface area contributed by atoms with Gasteiger partial charge in [0, 0.05) is 30.4 Å². The molecule has 0 aliphatic heterocycles. The molecule has 2 N–H and O–H groups in total. The summed E-state index contributed by atoms with van der Waals surface area (Å²) in [4.78, 5) is 4.25. The van der Waals surface area contributed by atoms with E-state index in [9.17, 15) is 5.11 Å². The Hall–Kier alpha value is -2.07. The molecular formula is C15H18N2O2. The van der Waals surface area contributed by atoms with Crippen LogP contribution in [0, 0.1) is 0 Å². The first-order chi connectivity index (χ1) is 9.20. The molecule has 1 heterocycles. The molecular weight excluding hydrogens is 240 g/mol. The molecule has 0 aliphatic rings. The minimum absolute atomic E-state index is 0.0351. The van der Waals surface area contributed by atoms with Gasteiger partial charge in [-0.2, -0.15) is 0 Å². The summed E-state index contributed by atoms with van der Waals surface area (Å²) < 4.78 is 5.07. The smallest absolute Gasteiger partial charge is 0.124 e. The molecule has 4 heteroatoms. The molecule has 2 aromatic rings. The molecule has 1 atom stereocenters. The largest absolute Gasteiger partial charge is 0.507 e. The van der Waals surface area contributed by atoms with Crippen molar-refractivity contribution in [1.29, 1.82) is 0 Å². The fourth-order valence-corrected chi connectivity index (χ4v) is 1.89. The lowest BCUT2D eigenvalue weighted by molar-refractivity contribution is 0.404. The number of methoxy groups -OCH3 is 1. The third-order valence-electron chi connectivity index (χ3n) is 3.02. The summed E-state index contributed by atoms with van der Waals surface area (Å²) in [5.41, 5.74) is 1.82. The van der Waals surface area contributed by atoms with Gasteiger partial charge >= 0.3 is 0 Å². The van der Waals surface area contributed by atoms with Gasteiger partial charge in [-0.05, 0) is 25.1 Å². The van der Waals surface area contributed by atoms with Crippen LogP contribution in [0.5, 0.6) is 11.5 Å². The van der Waals surface area contributed by atoms with Gasteiger partial charge in [-0.15, -0.1) is 0 Å². The zero-order valence-electron chi connectivity index (χ0n) is 11.1. The van der Waals surface area contributed by atoms with E-state index in [4.69, 9.17) is 4.74 Å². The average molecular weight is 258 g/mol. The van der Waals surface area contributed by atoms with Gasteiger partial charge in [-0.1, -0.05) is 12.1 Å². The molecule has 1 aromatic heterocycles. The first-order valence-electron chi connectivity index (χ1n) is 6.21. The summed E-state index contributed by atoms with van der Waals surface area (Å²) in [5.74, 6) is 0.888. The summed E-state index contributed by atoms with van der Waals surface area (Å²) in [7, 11) is 1.58. The van der Waals surface area contributed by atoms with Crippen molar-refractivity contribution < 1.29 is 9.84 Å². The molecule has 19 heavy (non-hydrogen) atoms. The summed E-state index contributed by atoms with van der Waals surface area (Å²) in [6.45, 7) is 2.66. The quantitative estimate of drug-likeness (QED) is 0.865. The Balaban J connectivity index is 2.02. The Labute approximate surface area is 113 Å². The summed E-state index contributed by atoms with van der Waals surface area (Å²) >= 11 is 0. The molecule has 0 fully saturated rings. The fourth-order valence-electron chi connectivity index (χ4n) is 1.89. The summed E-state index contributed by atoms with van der Waals surface area (Å²) in [5, 5.41) is 13.3. The van der Waals surface area contributed by atoms with Crippen molar-refractivity contribution >= 4 is 0 Å².